The first-order valence-electron chi connectivity index (χ1n) is 10.9. The van der Waals surface area contributed by atoms with Crippen LogP contribution in [0.5, 0.6) is 5.75 Å². The fourth-order valence-corrected chi connectivity index (χ4v) is 4.11. The first kappa shape index (κ1) is 22.8. The lowest BCUT2D eigenvalue weighted by Gasteiger charge is -2.30. The Morgan fingerprint density at radius 2 is 1.84 bits per heavy atom. The molecule has 0 unspecified atom stereocenters. The van der Waals surface area contributed by atoms with Gasteiger partial charge in [-0.05, 0) is 51.7 Å². The van der Waals surface area contributed by atoms with E-state index in [4.69, 9.17) is 9.47 Å². The van der Waals surface area contributed by atoms with Crippen molar-refractivity contribution >= 4 is 28.6 Å². The molecule has 0 bridgehead atoms. The Hall–Kier alpha value is -2.83. The van der Waals surface area contributed by atoms with Gasteiger partial charge in [0.1, 0.15) is 17.9 Å². The van der Waals surface area contributed by atoms with Crippen LogP contribution in [0, 0.1) is 5.92 Å². The zero-order valence-corrected chi connectivity index (χ0v) is 18.8. The predicted molar refractivity (Wildman–Crippen MR) is 118 cm³/mol. The van der Waals surface area contributed by atoms with Gasteiger partial charge in [-0.1, -0.05) is 19.3 Å². The van der Waals surface area contributed by atoms with E-state index in [2.05, 4.69) is 4.98 Å². The minimum atomic E-state index is -0.673. The van der Waals surface area contributed by atoms with E-state index in [1.165, 1.54) is 17.5 Å². The molecule has 0 atom stereocenters. The van der Waals surface area contributed by atoms with Crippen molar-refractivity contribution in [3.05, 3.63) is 30.0 Å². The molecule has 1 N–H and O–H groups in total. The van der Waals surface area contributed by atoms with Crippen LogP contribution >= 0.6 is 0 Å². The Labute approximate surface area is 183 Å². The van der Waals surface area contributed by atoms with E-state index in [0.717, 1.165) is 25.7 Å². The SMILES string of the molecule is COc1ccc2c(C(=O)C(=O)N(CC(=O)OC(C)(C)C)CC3CCCCC3)c[nH]c2c1. The molecule has 1 aromatic heterocycles. The highest BCUT2D eigenvalue weighted by Gasteiger charge is 2.30. The zero-order valence-electron chi connectivity index (χ0n) is 18.8. The molecule has 3 rings (SSSR count). The number of ether oxygens (including phenoxy) is 2. The number of nitrogens with one attached hydrogen (secondary N) is 1. The number of carbonyl (C=O) groups excluding carboxylic acids is 3. The first-order valence-corrected chi connectivity index (χ1v) is 10.9. The van der Waals surface area contributed by atoms with Crippen molar-refractivity contribution in [1.29, 1.82) is 0 Å². The van der Waals surface area contributed by atoms with Gasteiger partial charge >= 0.3 is 5.97 Å². The van der Waals surface area contributed by atoms with Crippen LogP contribution in [0.4, 0.5) is 0 Å². The number of nitrogens with zero attached hydrogens (tertiary/aromatic N) is 1. The smallest absolute Gasteiger partial charge is 0.326 e. The number of Topliss-reactive ketones (excluding diaryl/α,β-unsaturated/α-hetero) is 1. The van der Waals surface area contributed by atoms with Crippen LogP contribution in [-0.2, 0) is 14.3 Å². The monoisotopic (exact) mass is 428 g/mol. The molecule has 31 heavy (non-hydrogen) atoms. The van der Waals surface area contributed by atoms with Gasteiger partial charge < -0.3 is 19.4 Å². The van der Waals surface area contributed by atoms with Gasteiger partial charge in [-0.3, -0.25) is 14.4 Å². The van der Waals surface area contributed by atoms with Gasteiger partial charge in [0.15, 0.2) is 0 Å². The fourth-order valence-electron chi connectivity index (χ4n) is 4.11. The highest BCUT2D eigenvalue weighted by Crippen LogP contribution is 2.26. The summed E-state index contributed by atoms with van der Waals surface area (Å²) in [5.41, 5.74) is 0.346. The van der Waals surface area contributed by atoms with Gasteiger partial charge in [-0.2, -0.15) is 0 Å². The van der Waals surface area contributed by atoms with E-state index in [-0.39, 0.29) is 6.54 Å². The third-order valence-corrected chi connectivity index (χ3v) is 5.56. The van der Waals surface area contributed by atoms with Crippen molar-refractivity contribution in [3.63, 3.8) is 0 Å². The number of methoxy groups -OCH3 is 1. The van der Waals surface area contributed by atoms with Gasteiger partial charge in [-0.15, -0.1) is 0 Å². The first-order chi connectivity index (χ1) is 14.7. The number of rotatable bonds is 7. The van der Waals surface area contributed by atoms with E-state index in [1.807, 2.05) is 0 Å². The summed E-state index contributed by atoms with van der Waals surface area (Å²) in [7, 11) is 1.57. The van der Waals surface area contributed by atoms with Crippen LogP contribution < -0.4 is 4.74 Å². The van der Waals surface area contributed by atoms with Crippen LogP contribution in [0.3, 0.4) is 0 Å². The lowest BCUT2D eigenvalue weighted by Crippen LogP contribution is -2.44. The molecular weight excluding hydrogens is 396 g/mol. The molecule has 1 saturated carbocycles. The average molecular weight is 429 g/mol. The Kier molecular flexibility index (Phi) is 7.03. The quantitative estimate of drug-likeness (QED) is 0.407. The van der Waals surface area contributed by atoms with Crippen molar-refractivity contribution < 1.29 is 23.9 Å². The number of esters is 1. The highest BCUT2D eigenvalue weighted by molar-refractivity contribution is 6.45. The third kappa shape index (κ3) is 5.87. The summed E-state index contributed by atoms with van der Waals surface area (Å²) in [6.45, 7) is 5.51. The fraction of sp³-hybridized carbons (Fsp3) is 0.542. The topological polar surface area (TPSA) is 88.7 Å². The molecule has 7 nitrogen and oxygen atoms in total. The summed E-state index contributed by atoms with van der Waals surface area (Å²) >= 11 is 0. The van der Waals surface area contributed by atoms with E-state index in [0.29, 0.717) is 34.7 Å². The molecule has 1 heterocycles. The molecule has 1 amide bonds. The van der Waals surface area contributed by atoms with Gasteiger partial charge in [0.25, 0.3) is 11.7 Å². The number of aromatic nitrogens is 1. The summed E-state index contributed by atoms with van der Waals surface area (Å²) in [6.07, 6.45) is 6.94. The Bertz CT molecular complexity index is 951. The van der Waals surface area contributed by atoms with Gasteiger partial charge in [-0.25, -0.2) is 0 Å². The molecule has 7 heteroatoms. The maximum Gasteiger partial charge on any atom is 0.326 e. The summed E-state index contributed by atoms with van der Waals surface area (Å²) in [6, 6.07) is 5.28. The Morgan fingerprint density at radius 3 is 2.48 bits per heavy atom. The number of H-pyrrole nitrogens is 1. The number of fused-ring (bicyclic) bond motifs is 1. The molecule has 0 aliphatic heterocycles. The molecule has 0 saturated heterocycles. The predicted octanol–water partition coefficient (Wildman–Crippen LogP) is 4.11. The summed E-state index contributed by atoms with van der Waals surface area (Å²) in [4.78, 5) is 43.2. The summed E-state index contributed by atoms with van der Waals surface area (Å²) < 4.78 is 10.6. The van der Waals surface area contributed by atoms with Crippen molar-refractivity contribution in [3.8, 4) is 5.75 Å². The third-order valence-electron chi connectivity index (χ3n) is 5.56. The summed E-state index contributed by atoms with van der Waals surface area (Å²) in [5.74, 6) is -0.860. The number of hydrogen-bond acceptors (Lipinski definition) is 5. The Balaban J connectivity index is 1.82. The average Bonchev–Trinajstić information content (AvgIpc) is 3.14. The van der Waals surface area contributed by atoms with E-state index >= 15 is 0 Å². The van der Waals surface area contributed by atoms with Crippen molar-refractivity contribution in [2.24, 2.45) is 5.92 Å². The van der Waals surface area contributed by atoms with E-state index in [1.54, 1.807) is 46.1 Å². The van der Waals surface area contributed by atoms with Crippen LogP contribution in [0.1, 0.15) is 63.2 Å². The molecule has 1 aliphatic rings. The Morgan fingerprint density at radius 1 is 1.13 bits per heavy atom. The maximum absolute atomic E-state index is 13.2. The normalized spacial score (nSPS) is 15.0. The molecule has 1 aliphatic carbocycles. The number of carbonyl (C=O) groups is 3. The molecule has 0 radical (unpaired) electrons. The van der Waals surface area contributed by atoms with E-state index in [9.17, 15) is 14.4 Å². The lowest BCUT2D eigenvalue weighted by molar-refractivity contribution is -0.158. The van der Waals surface area contributed by atoms with Crippen LogP contribution in [0.15, 0.2) is 24.4 Å². The van der Waals surface area contributed by atoms with Crippen LogP contribution in [-0.4, -0.2) is 53.3 Å². The van der Waals surface area contributed by atoms with Crippen LogP contribution in [0.25, 0.3) is 10.9 Å². The maximum atomic E-state index is 13.2. The van der Waals surface area contributed by atoms with Crippen molar-refractivity contribution in [2.75, 3.05) is 20.2 Å². The number of amides is 1. The molecule has 2 aromatic rings. The number of ketones is 1. The molecule has 168 valence electrons. The second kappa shape index (κ2) is 9.54. The zero-order chi connectivity index (χ0) is 22.6. The molecule has 1 aromatic carbocycles. The lowest BCUT2D eigenvalue weighted by atomic mass is 9.89. The number of benzene rings is 1. The second-order valence-corrected chi connectivity index (χ2v) is 9.22. The van der Waals surface area contributed by atoms with Gasteiger partial charge in [0.2, 0.25) is 0 Å². The van der Waals surface area contributed by atoms with Gasteiger partial charge in [0, 0.05) is 29.7 Å². The van der Waals surface area contributed by atoms with Gasteiger partial charge in [0.05, 0.1) is 12.7 Å². The standard InChI is InChI=1S/C24H32N2O5/c1-24(2,3)31-21(27)15-26(14-16-8-6-5-7-9-16)23(29)22(28)19-13-25-20-12-17(30-4)10-11-18(19)20/h10-13,16,25H,5-9,14-15H2,1-4H3. The molecule has 1 fully saturated rings. The minimum Gasteiger partial charge on any atom is -0.497 e. The van der Waals surface area contributed by atoms with E-state index < -0.39 is 23.3 Å². The molecule has 0 spiro atoms. The number of aromatic amines is 1. The highest BCUT2D eigenvalue weighted by atomic mass is 16.6. The minimum absolute atomic E-state index is 0.228. The molecular formula is C24H32N2O5. The summed E-state index contributed by atoms with van der Waals surface area (Å²) in [5, 5.41) is 0.647. The second-order valence-electron chi connectivity index (χ2n) is 9.22. The van der Waals surface area contributed by atoms with Crippen molar-refractivity contribution in [1.82, 2.24) is 9.88 Å². The number of hydrogen-bond donors (Lipinski definition) is 1. The largest absolute Gasteiger partial charge is 0.497 e. The van der Waals surface area contributed by atoms with Crippen LogP contribution in [0.2, 0.25) is 0 Å². The van der Waals surface area contributed by atoms with Crippen molar-refractivity contribution in [2.45, 2.75) is 58.5 Å².